The zero-order chi connectivity index (χ0) is 10.6. The first-order valence-electron chi connectivity index (χ1n) is 4.64. The van der Waals surface area contributed by atoms with Crippen LogP contribution in [0.25, 0.3) is 0 Å². The van der Waals surface area contributed by atoms with Crippen molar-refractivity contribution >= 4 is 17.7 Å². The van der Waals surface area contributed by atoms with Crippen LogP contribution in [-0.4, -0.2) is 29.9 Å². The Morgan fingerprint density at radius 1 is 1.64 bits per heavy atom. The number of esters is 1. The third-order valence-corrected chi connectivity index (χ3v) is 3.17. The highest BCUT2D eigenvalue weighted by Crippen LogP contribution is 2.30. The highest BCUT2D eigenvalue weighted by atomic mass is 32.2. The first-order valence-corrected chi connectivity index (χ1v) is 5.63. The Labute approximate surface area is 88.8 Å². The average molecular weight is 216 g/mol. The van der Waals surface area contributed by atoms with E-state index in [1.807, 2.05) is 6.92 Å². The van der Waals surface area contributed by atoms with Crippen LogP contribution in [0.4, 0.5) is 0 Å². The average Bonchev–Trinajstić information content (AvgIpc) is 2.30. The third kappa shape index (κ3) is 3.35. The van der Waals surface area contributed by atoms with Crippen molar-refractivity contribution < 1.29 is 14.3 Å². The first kappa shape index (κ1) is 11.6. The summed E-state index contributed by atoms with van der Waals surface area (Å²) >= 11 is 1.62. The van der Waals surface area contributed by atoms with Crippen LogP contribution in [0.3, 0.4) is 0 Å². The molecule has 0 N–H and O–H groups in total. The van der Waals surface area contributed by atoms with Gasteiger partial charge in [0.15, 0.2) is 4.93 Å². The molecule has 0 saturated carbocycles. The van der Waals surface area contributed by atoms with E-state index in [2.05, 4.69) is 6.58 Å². The van der Waals surface area contributed by atoms with E-state index in [1.54, 1.807) is 18.7 Å². The first-order chi connectivity index (χ1) is 6.53. The number of hydrogen-bond donors (Lipinski definition) is 0. The number of rotatable bonds is 2. The summed E-state index contributed by atoms with van der Waals surface area (Å²) in [6.07, 6.45) is 1.00. The van der Waals surface area contributed by atoms with Crippen molar-refractivity contribution in [3.8, 4) is 0 Å². The molecule has 0 bridgehead atoms. The molecule has 80 valence electrons. The zero-order valence-corrected chi connectivity index (χ0v) is 9.49. The van der Waals surface area contributed by atoms with Gasteiger partial charge in [-0.15, -0.1) is 11.8 Å². The Morgan fingerprint density at radius 2 is 2.36 bits per heavy atom. The van der Waals surface area contributed by atoms with Crippen molar-refractivity contribution in [1.29, 1.82) is 0 Å². The van der Waals surface area contributed by atoms with Crippen LogP contribution in [0.15, 0.2) is 12.2 Å². The summed E-state index contributed by atoms with van der Waals surface area (Å²) in [5.74, 6) is 0.616. The number of thioether (sulfide) groups is 1. The summed E-state index contributed by atoms with van der Waals surface area (Å²) in [7, 11) is 0. The molecule has 1 fully saturated rings. The summed E-state index contributed by atoms with van der Waals surface area (Å²) in [5, 5.41) is 0. The van der Waals surface area contributed by atoms with Gasteiger partial charge in [0.05, 0.1) is 6.61 Å². The van der Waals surface area contributed by atoms with Crippen molar-refractivity contribution in [2.75, 3.05) is 19.0 Å². The Bertz CT molecular complexity index is 230. The van der Waals surface area contributed by atoms with E-state index in [-0.39, 0.29) is 5.97 Å². The molecule has 1 saturated heterocycles. The minimum absolute atomic E-state index is 0.342. The molecular weight excluding hydrogens is 200 g/mol. The molecule has 0 radical (unpaired) electrons. The van der Waals surface area contributed by atoms with Gasteiger partial charge in [-0.25, -0.2) is 4.79 Å². The largest absolute Gasteiger partial charge is 0.442 e. The number of hydrogen-bond acceptors (Lipinski definition) is 4. The molecule has 0 aromatic heterocycles. The van der Waals surface area contributed by atoms with Gasteiger partial charge in [0, 0.05) is 12.2 Å². The van der Waals surface area contributed by atoms with Crippen molar-refractivity contribution in [2.45, 2.75) is 25.2 Å². The fourth-order valence-corrected chi connectivity index (χ4v) is 2.09. The van der Waals surface area contributed by atoms with E-state index in [0.717, 1.165) is 18.8 Å². The second-order valence-corrected chi connectivity index (χ2v) is 5.12. The van der Waals surface area contributed by atoms with Crippen LogP contribution < -0.4 is 0 Å². The minimum atomic E-state index is -0.549. The zero-order valence-electron chi connectivity index (χ0n) is 8.67. The van der Waals surface area contributed by atoms with E-state index in [9.17, 15) is 4.79 Å². The van der Waals surface area contributed by atoms with Crippen molar-refractivity contribution in [3.63, 3.8) is 0 Å². The molecular formula is C10H16O3S. The van der Waals surface area contributed by atoms with E-state index < -0.39 is 4.93 Å². The summed E-state index contributed by atoms with van der Waals surface area (Å²) in [6.45, 7) is 8.27. The number of ether oxygens (including phenoxy) is 2. The van der Waals surface area contributed by atoms with E-state index in [4.69, 9.17) is 9.47 Å². The van der Waals surface area contributed by atoms with Crippen LogP contribution >= 0.6 is 11.8 Å². The van der Waals surface area contributed by atoms with Gasteiger partial charge in [0.25, 0.3) is 0 Å². The Hall–Kier alpha value is -0.480. The van der Waals surface area contributed by atoms with Gasteiger partial charge in [-0.3, -0.25) is 0 Å². The lowest BCUT2D eigenvalue weighted by atomic mass is 10.3. The Balaban J connectivity index is 2.54. The Kier molecular flexibility index (Phi) is 4.01. The molecule has 1 aliphatic heterocycles. The standard InChI is InChI=1S/C10H16O3S/c1-8(2)9(11)13-10(3)7-12-5-4-6-14-10/h1,4-7H2,2-3H3. The topological polar surface area (TPSA) is 35.5 Å². The van der Waals surface area contributed by atoms with Crippen LogP contribution in [0.5, 0.6) is 0 Å². The van der Waals surface area contributed by atoms with E-state index in [0.29, 0.717) is 12.2 Å². The molecule has 0 spiro atoms. The molecule has 14 heavy (non-hydrogen) atoms. The van der Waals surface area contributed by atoms with E-state index >= 15 is 0 Å². The van der Waals surface area contributed by atoms with Gasteiger partial charge in [-0.2, -0.15) is 0 Å². The molecule has 1 rings (SSSR count). The fourth-order valence-electron chi connectivity index (χ4n) is 1.09. The quantitative estimate of drug-likeness (QED) is 0.522. The Morgan fingerprint density at radius 3 is 3.00 bits per heavy atom. The predicted octanol–water partition coefficient (Wildman–Crippen LogP) is 1.98. The fraction of sp³-hybridized carbons (Fsp3) is 0.700. The van der Waals surface area contributed by atoms with Gasteiger partial charge < -0.3 is 9.47 Å². The molecule has 1 atom stereocenters. The third-order valence-electron chi connectivity index (χ3n) is 1.86. The molecule has 0 aliphatic carbocycles. The lowest BCUT2D eigenvalue weighted by Gasteiger charge is -2.26. The molecule has 1 heterocycles. The molecule has 0 aromatic carbocycles. The second kappa shape index (κ2) is 4.84. The van der Waals surface area contributed by atoms with Gasteiger partial charge >= 0.3 is 5.97 Å². The van der Waals surface area contributed by atoms with Crippen molar-refractivity contribution in [3.05, 3.63) is 12.2 Å². The molecule has 0 amide bonds. The van der Waals surface area contributed by atoms with Crippen molar-refractivity contribution in [2.24, 2.45) is 0 Å². The lowest BCUT2D eigenvalue weighted by molar-refractivity contribution is -0.148. The molecule has 0 aromatic rings. The summed E-state index contributed by atoms with van der Waals surface area (Å²) in [4.78, 5) is 10.8. The van der Waals surface area contributed by atoms with Crippen LogP contribution in [0, 0.1) is 0 Å². The minimum Gasteiger partial charge on any atom is -0.442 e. The second-order valence-electron chi connectivity index (χ2n) is 3.56. The van der Waals surface area contributed by atoms with Crippen molar-refractivity contribution in [1.82, 2.24) is 0 Å². The van der Waals surface area contributed by atoms with Crippen LogP contribution in [0.1, 0.15) is 20.3 Å². The van der Waals surface area contributed by atoms with Crippen LogP contribution in [0.2, 0.25) is 0 Å². The highest BCUT2D eigenvalue weighted by molar-refractivity contribution is 8.00. The predicted molar refractivity (Wildman–Crippen MR) is 57.2 cm³/mol. The maximum absolute atomic E-state index is 11.3. The summed E-state index contributed by atoms with van der Waals surface area (Å²) < 4.78 is 10.7. The smallest absolute Gasteiger partial charge is 0.334 e. The molecule has 1 unspecified atom stereocenters. The van der Waals surface area contributed by atoms with Crippen LogP contribution in [-0.2, 0) is 14.3 Å². The SMILES string of the molecule is C=C(C)C(=O)OC1(C)COCCCS1. The molecule has 3 nitrogen and oxygen atoms in total. The van der Waals surface area contributed by atoms with Gasteiger partial charge in [-0.1, -0.05) is 6.58 Å². The molecule has 4 heteroatoms. The molecule has 1 aliphatic rings. The summed E-state index contributed by atoms with van der Waals surface area (Å²) in [6, 6.07) is 0. The number of carbonyl (C=O) groups excluding carboxylic acids is 1. The monoisotopic (exact) mass is 216 g/mol. The number of carbonyl (C=O) groups is 1. The lowest BCUT2D eigenvalue weighted by Crippen LogP contribution is -2.32. The van der Waals surface area contributed by atoms with Gasteiger partial charge in [0.2, 0.25) is 0 Å². The van der Waals surface area contributed by atoms with Gasteiger partial charge in [0.1, 0.15) is 0 Å². The normalized spacial score (nSPS) is 27.9. The van der Waals surface area contributed by atoms with Gasteiger partial charge in [-0.05, 0) is 26.0 Å². The maximum atomic E-state index is 11.3. The van der Waals surface area contributed by atoms with E-state index in [1.165, 1.54) is 0 Å². The maximum Gasteiger partial charge on any atom is 0.334 e. The summed E-state index contributed by atoms with van der Waals surface area (Å²) in [5.41, 5.74) is 0.427. The highest BCUT2D eigenvalue weighted by Gasteiger charge is 2.31.